The van der Waals surface area contributed by atoms with Crippen LogP contribution in [0.3, 0.4) is 0 Å². The van der Waals surface area contributed by atoms with Crippen LogP contribution >= 0.6 is 11.6 Å². The molecule has 0 unspecified atom stereocenters. The Bertz CT molecular complexity index is 685. The number of benzene rings is 1. The molecular formula is C12H12ClN5. The van der Waals surface area contributed by atoms with E-state index in [-0.39, 0.29) is 0 Å². The van der Waals surface area contributed by atoms with E-state index in [2.05, 4.69) is 27.5 Å². The number of halogens is 1. The van der Waals surface area contributed by atoms with Crippen LogP contribution in [0.25, 0.3) is 10.9 Å². The molecule has 0 aliphatic carbocycles. The van der Waals surface area contributed by atoms with Gasteiger partial charge in [-0.3, -0.25) is 4.68 Å². The van der Waals surface area contributed by atoms with Gasteiger partial charge >= 0.3 is 0 Å². The molecule has 0 radical (unpaired) electrons. The summed E-state index contributed by atoms with van der Waals surface area (Å²) in [5.41, 5.74) is 2.88. The lowest BCUT2D eigenvalue weighted by Crippen LogP contribution is -2.02. The molecule has 0 spiro atoms. The molecule has 3 aromatic rings. The van der Waals surface area contributed by atoms with E-state index in [1.807, 2.05) is 30.1 Å². The molecule has 92 valence electrons. The predicted octanol–water partition coefficient (Wildman–Crippen LogP) is 1.95. The van der Waals surface area contributed by atoms with Crippen LogP contribution in [-0.2, 0) is 19.5 Å². The molecule has 0 saturated heterocycles. The van der Waals surface area contributed by atoms with Crippen LogP contribution in [0.15, 0.2) is 30.5 Å². The number of rotatable bonds is 3. The quantitative estimate of drug-likeness (QED) is 0.677. The van der Waals surface area contributed by atoms with Gasteiger partial charge in [0.15, 0.2) is 0 Å². The second kappa shape index (κ2) is 4.42. The zero-order valence-electron chi connectivity index (χ0n) is 9.91. The largest absolute Gasteiger partial charge is 0.268 e. The van der Waals surface area contributed by atoms with E-state index in [4.69, 9.17) is 11.6 Å². The van der Waals surface area contributed by atoms with Gasteiger partial charge in [-0.05, 0) is 6.07 Å². The fraction of sp³-hybridized carbons (Fsp3) is 0.250. The smallest absolute Gasteiger partial charge is 0.0974 e. The lowest BCUT2D eigenvalue weighted by atomic mass is 10.2. The normalized spacial score (nSPS) is 11.2. The van der Waals surface area contributed by atoms with Crippen LogP contribution in [0.1, 0.15) is 11.4 Å². The third-order valence-corrected chi connectivity index (χ3v) is 3.14. The van der Waals surface area contributed by atoms with Crippen LogP contribution in [0.5, 0.6) is 0 Å². The van der Waals surface area contributed by atoms with E-state index >= 15 is 0 Å². The zero-order chi connectivity index (χ0) is 12.5. The molecule has 0 N–H and O–H groups in total. The van der Waals surface area contributed by atoms with E-state index in [9.17, 15) is 0 Å². The first-order valence-corrected chi connectivity index (χ1v) is 6.17. The van der Waals surface area contributed by atoms with Crippen molar-refractivity contribution in [3.63, 3.8) is 0 Å². The Kier molecular flexibility index (Phi) is 2.76. The minimum absolute atomic E-state index is 0.378. The topological polar surface area (TPSA) is 48.5 Å². The van der Waals surface area contributed by atoms with Crippen molar-refractivity contribution in [3.05, 3.63) is 41.9 Å². The second-order valence-corrected chi connectivity index (χ2v) is 4.40. The molecule has 0 bridgehead atoms. The Morgan fingerprint density at radius 1 is 1.28 bits per heavy atom. The van der Waals surface area contributed by atoms with Crippen molar-refractivity contribution in [2.45, 2.75) is 12.4 Å². The maximum Gasteiger partial charge on any atom is 0.0974 e. The van der Waals surface area contributed by atoms with Gasteiger partial charge in [-0.25, -0.2) is 4.68 Å². The molecule has 1 aromatic carbocycles. The number of aromatic nitrogens is 5. The Labute approximate surface area is 109 Å². The summed E-state index contributed by atoms with van der Waals surface area (Å²) in [6, 6.07) is 8.14. The Hall–Kier alpha value is -1.88. The summed E-state index contributed by atoms with van der Waals surface area (Å²) >= 11 is 5.71. The van der Waals surface area contributed by atoms with Crippen LogP contribution in [-0.4, -0.2) is 24.8 Å². The minimum Gasteiger partial charge on any atom is -0.268 e. The van der Waals surface area contributed by atoms with Gasteiger partial charge in [0.25, 0.3) is 0 Å². The number of nitrogens with zero attached hydrogens (tertiary/aromatic N) is 5. The van der Waals surface area contributed by atoms with E-state index < -0.39 is 0 Å². The van der Waals surface area contributed by atoms with Crippen molar-refractivity contribution >= 4 is 22.5 Å². The maximum absolute atomic E-state index is 5.71. The number of aryl methyl sites for hydroxylation is 1. The second-order valence-electron chi connectivity index (χ2n) is 4.13. The molecule has 0 fully saturated rings. The number of fused-ring (bicyclic) bond motifs is 1. The van der Waals surface area contributed by atoms with Crippen molar-refractivity contribution in [2.24, 2.45) is 7.05 Å². The van der Waals surface area contributed by atoms with Crippen molar-refractivity contribution in [1.29, 1.82) is 0 Å². The third kappa shape index (κ3) is 1.86. The maximum atomic E-state index is 5.71. The molecule has 0 aliphatic heterocycles. The lowest BCUT2D eigenvalue weighted by molar-refractivity contribution is 0.628. The number of hydrogen-bond donors (Lipinski definition) is 0. The van der Waals surface area contributed by atoms with Gasteiger partial charge in [0.2, 0.25) is 0 Å². The molecule has 2 heterocycles. The summed E-state index contributed by atoms with van der Waals surface area (Å²) < 4.78 is 3.64. The summed E-state index contributed by atoms with van der Waals surface area (Å²) in [6.45, 7) is 0.602. The van der Waals surface area contributed by atoms with Crippen molar-refractivity contribution < 1.29 is 0 Å². The van der Waals surface area contributed by atoms with Crippen LogP contribution in [0.4, 0.5) is 0 Å². The SMILES string of the molecule is Cn1nc(Cn2cc(CCl)nn2)c2ccccc21. The summed E-state index contributed by atoms with van der Waals surface area (Å²) in [4.78, 5) is 0. The molecule has 3 rings (SSSR count). The Morgan fingerprint density at radius 2 is 2.11 bits per heavy atom. The molecular weight excluding hydrogens is 250 g/mol. The number of hydrogen-bond acceptors (Lipinski definition) is 3. The average Bonchev–Trinajstić information content (AvgIpc) is 2.97. The van der Waals surface area contributed by atoms with Crippen LogP contribution in [0, 0.1) is 0 Å². The third-order valence-electron chi connectivity index (χ3n) is 2.87. The monoisotopic (exact) mass is 261 g/mol. The van der Waals surface area contributed by atoms with Gasteiger partial charge < -0.3 is 0 Å². The summed E-state index contributed by atoms with van der Waals surface area (Å²) in [5, 5.41) is 13.7. The zero-order valence-corrected chi connectivity index (χ0v) is 10.7. The van der Waals surface area contributed by atoms with Gasteiger partial charge in [-0.1, -0.05) is 23.4 Å². The van der Waals surface area contributed by atoms with Crippen molar-refractivity contribution in [1.82, 2.24) is 24.8 Å². The standard InChI is InChI=1S/C12H12ClN5/c1-17-12-5-3-2-4-10(12)11(15-17)8-18-7-9(6-13)14-16-18/h2-5,7H,6,8H2,1H3. The molecule has 0 amide bonds. The molecule has 0 atom stereocenters. The highest BCUT2D eigenvalue weighted by Crippen LogP contribution is 2.18. The minimum atomic E-state index is 0.378. The molecule has 18 heavy (non-hydrogen) atoms. The predicted molar refractivity (Wildman–Crippen MR) is 69.4 cm³/mol. The van der Waals surface area contributed by atoms with Gasteiger partial charge in [0.05, 0.1) is 35.5 Å². The molecule has 2 aromatic heterocycles. The first-order chi connectivity index (χ1) is 8.78. The van der Waals surface area contributed by atoms with Crippen molar-refractivity contribution in [2.75, 3.05) is 0 Å². The Morgan fingerprint density at radius 3 is 2.89 bits per heavy atom. The number of para-hydroxylation sites is 1. The van der Waals surface area contributed by atoms with Crippen LogP contribution in [0.2, 0.25) is 0 Å². The summed E-state index contributed by atoms with van der Waals surface area (Å²) in [5.74, 6) is 0.378. The fourth-order valence-corrected chi connectivity index (χ4v) is 2.16. The molecule has 0 aliphatic rings. The van der Waals surface area contributed by atoms with Gasteiger partial charge in [0.1, 0.15) is 0 Å². The molecule has 6 heteroatoms. The summed E-state index contributed by atoms with van der Waals surface area (Å²) in [7, 11) is 1.94. The highest BCUT2D eigenvalue weighted by atomic mass is 35.5. The van der Waals surface area contributed by atoms with E-state index in [0.29, 0.717) is 12.4 Å². The molecule has 0 saturated carbocycles. The Balaban J connectivity index is 1.99. The number of alkyl halides is 1. The highest BCUT2D eigenvalue weighted by Gasteiger charge is 2.09. The van der Waals surface area contributed by atoms with Gasteiger partial charge in [-0.15, -0.1) is 16.7 Å². The van der Waals surface area contributed by atoms with Crippen LogP contribution < -0.4 is 0 Å². The molecule has 5 nitrogen and oxygen atoms in total. The van der Waals surface area contributed by atoms with Crippen molar-refractivity contribution in [3.8, 4) is 0 Å². The van der Waals surface area contributed by atoms with Gasteiger partial charge in [0, 0.05) is 12.4 Å². The van der Waals surface area contributed by atoms with Gasteiger partial charge in [-0.2, -0.15) is 5.10 Å². The summed E-state index contributed by atoms with van der Waals surface area (Å²) in [6.07, 6.45) is 1.84. The first kappa shape index (κ1) is 11.2. The van der Waals surface area contributed by atoms with E-state index in [1.54, 1.807) is 4.68 Å². The van der Waals surface area contributed by atoms with E-state index in [0.717, 1.165) is 22.3 Å². The lowest BCUT2D eigenvalue weighted by Gasteiger charge is -1.96. The van der Waals surface area contributed by atoms with E-state index in [1.165, 1.54) is 0 Å². The average molecular weight is 262 g/mol. The fourth-order valence-electron chi connectivity index (χ4n) is 2.04. The first-order valence-electron chi connectivity index (χ1n) is 5.63. The highest BCUT2D eigenvalue weighted by molar-refractivity contribution is 6.16.